The summed E-state index contributed by atoms with van der Waals surface area (Å²) in [5, 5.41) is 16.0. The third-order valence-electron chi connectivity index (χ3n) is 4.64. The molecule has 2 aromatic rings. The van der Waals surface area contributed by atoms with E-state index in [2.05, 4.69) is 10.6 Å². The summed E-state index contributed by atoms with van der Waals surface area (Å²) in [6, 6.07) is 9.36. The molecule has 0 bridgehead atoms. The lowest BCUT2D eigenvalue weighted by molar-refractivity contribution is 0.0948. The molecule has 6 heteroatoms. The minimum atomic E-state index is -0.434. The lowest BCUT2D eigenvalue weighted by atomic mass is 9.93. The number of halogens is 1. The molecule has 0 saturated carbocycles. The van der Waals surface area contributed by atoms with Gasteiger partial charge < -0.3 is 20.5 Å². The number of piperidine rings is 1. The Morgan fingerprint density at radius 2 is 2.15 bits per heavy atom. The summed E-state index contributed by atoms with van der Waals surface area (Å²) in [6.07, 6.45) is 3.12. The van der Waals surface area contributed by atoms with Gasteiger partial charge in [0.2, 0.25) is 0 Å². The van der Waals surface area contributed by atoms with Crippen LogP contribution >= 0.6 is 0 Å². The molecule has 0 aromatic heterocycles. The van der Waals surface area contributed by atoms with E-state index in [0.29, 0.717) is 11.3 Å². The molecule has 1 atom stereocenters. The molecule has 26 heavy (non-hydrogen) atoms. The maximum atomic E-state index is 13.7. The van der Waals surface area contributed by atoms with Gasteiger partial charge in [0, 0.05) is 18.2 Å². The molecular formula is C20H23FN2O3. The van der Waals surface area contributed by atoms with E-state index in [4.69, 9.17) is 4.74 Å². The number of hydrogen-bond donors (Lipinski definition) is 3. The average Bonchev–Trinajstić information content (AvgIpc) is 2.67. The average molecular weight is 358 g/mol. The van der Waals surface area contributed by atoms with Crippen LogP contribution in [0.25, 0.3) is 0 Å². The minimum Gasteiger partial charge on any atom is -0.504 e. The van der Waals surface area contributed by atoms with Gasteiger partial charge in [0.1, 0.15) is 5.82 Å². The standard InChI is InChI=1S/C20H23FN2O3/c1-26-19-8-5-13(10-18(19)24)12-23-20(25)16-11-14(21)6-7-15(16)17-4-2-3-9-22-17/h5-8,10-11,17,22,24H,2-4,9,12H2,1H3,(H,23,25). The molecule has 1 amide bonds. The molecule has 0 spiro atoms. The molecule has 0 aliphatic carbocycles. The maximum Gasteiger partial charge on any atom is 0.251 e. The summed E-state index contributed by atoms with van der Waals surface area (Å²) in [5.74, 6) is -0.382. The van der Waals surface area contributed by atoms with Gasteiger partial charge in [0.05, 0.1) is 7.11 Å². The van der Waals surface area contributed by atoms with Crippen molar-refractivity contribution in [1.29, 1.82) is 0 Å². The van der Waals surface area contributed by atoms with Crippen molar-refractivity contribution in [2.24, 2.45) is 0 Å². The highest BCUT2D eigenvalue weighted by atomic mass is 19.1. The smallest absolute Gasteiger partial charge is 0.251 e. The molecule has 3 rings (SSSR count). The molecule has 1 fully saturated rings. The number of hydrogen-bond acceptors (Lipinski definition) is 4. The normalized spacial score (nSPS) is 16.9. The van der Waals surface area contributed by atoms with Gasteiger partial charge in [0.25, 0.3) is 5.91 Å². The maximum absolute atomic E-state index is 13.7. The second kappa shape index (κ2) is 8.19. The number of phenolic OH excluding ortho intramolecular Hbond substituents is 1. The number of nitrogens with one attached hydrogen (secondary N) is 2. The summed E-state index contributed by atoms with van der Waals surface area (Å²) >= 11 is 0. The van der Waals surface area contributed by atoms with Crippen LogP contribution in [0, 0.1) is 5.82 Å². The number of rotatable bonds is 5. The molecule has 1 aliphatic rings. The van der Waals surface area contributed by atoms with Gasteiger partial charge in [-0.3, -0.25) is 4.79 Å². The molecule has 3 N–H and O–H groups in total. The van der Waals surface area contributed by atoms with E-state index in [1.165, 1.54) is 25.3 Å². The van der Waals surface area contributed by atoms with Gasteiger partial charge in [0.15, 0.2) is 11.5 Å². The lowest BCUT2D eigenvalue weighted by Crippen LogP contribution is -2.30. The molecule has 138 valence electrons. The van der Waals surface area contributed by atoms with Crippen LogP contribution in [0.1, 0.15) is 46.8 Å². The Labute approximate surface area is 152 Å². The van der Waals surface area contributed by atoms with Crippen molar-refractivity contribution in [3.05, 3.63) is 58.9 Å². The highest BCUT2D eigenvalue weighted by Gasteiger charge is 2.21. The minimum absolute atomic E-state index is 0.0112. The van der Waals surface area contributed by atoms with Gasteiger partial charge in [-0.15, -0.1) is 0 Å². The van der Waals surface area contributed by atoms with Gasteiger partial charge in [-0.2, -0.15) is 0 Å². The van der Waals surface area contributed by atoms with Crippen molar-refractivity contribution in [3.63, 3.8) is 0 Å². The van der Waals surface area contributed by atoms with E-state index in [1.54, 1.807) is 18.2 Å². The molecule has 1 saturated heterocycles. The third-order valence-corrected chi connectivity index (χ3v) is 4.64. The van der Waals surface area contributed by atoms with Crippen LogP contribution in [0.15, 0.2) is 36.4 Å². The van der Waals surface area contributed by atoms with Crippen LogP contribution in [-0.2, 0) is 6.54 Å². The first-order chi connectivity index (χ1) is 12.6. The van der Waals surface area contributed by atoms with Crippen LogP contribution in [0.2, 0.25) is 0 Å². The molecule has 2 aromatic carbocycles. The molecule has 1 heterocycles. The van der Waals surface area contributed by atoms with E-state index in [-0.39, 0.29) is 24.2 Å². The fraction of sp³-hybridized carbons (Fsp3) is 0.350. The Morgan fingerprint density at radius 1 is 1.31 bits per heavy atom. The number of phenols is 1. The Balaban J connectivity index is 1.74. The number of amides is 1. The van der Waals surface area contributed by atoms with E-state index in [0.717, 1.165) is 36.9 Å². The monoisotopic (exact) mass is 358 g/mol. The van der Waals surface area contributed by atoms with Crippen molar-refractivity contribution in [3.8, 4) is 11.5 Å². The summed E-state index contributed by atoms with van der Waals surface area (Å²) in [5.41, 5.74) is 1.90. The second-order valence-electron chi connectivity index (χ2n) is 6.42. The Morgan fingerprint density at radius 3 is 2.85 bits per heavy atom. The fourth-order valence-corrected chi connectivity index (χ4v) is 3.27. The summed E-state index contributed by atoms with van der Waals surface area (Å²) < 4.78 is 18.7. The van der Waals surface area contributed by atoms with Gasteiger partial charge in [-0.25, -0.2) is 4.39 Å². The zero-order chi connectivity index (χ0) is 18.5. The molecular weight excluding hydrogens is 335 g/mol. The quantitative estimate of drug-likeness (QED) is 0.767. The molecule has 1 unspecified atom stereocenters. The van der Waals surface area contributed by atoms with Crippen molar-refractivity contribution in [2.75, 3.05) is 13.7 Å². The van der Waals surface area contributed by atoms with Crippen molar-refractivity contribution >= 4 is 5.91 Å². The van der Waals surface area contributed by atoms with Crippen molar-refractivity contribution in [2.45, 2.75) is 31.8 Å². The summed E-state index contributed by atoms with van der Waals surface area (Å²) in [6.45, 7) is 1.12. The summed E-state index contributed by atoms with van der Waals surface area (Å²) in [4.78, 5) is 12.6. The first kappa shape index (κ1) is 18.2. The number of carbonyl (C=O) groups is 1. The predicted octanol–water partition coefficient (Wildman–Crippen LogP) is 3.28. The first-order valence-electron chi connectivity index (χ1n) is 8.75. The Bertz CT molecular complexity index is 789. The highest BCUT2D eigenvalue weighted by Crippen LogP contribution is 2.28. The molecule has 1 aliphatic heterocycles. The second-order valence-corrected chi connectivity index (χ2v) is 6.42. The predicted molar refractivity (Wildman–Crippen MR) is 96.8 cm³/mol. The van der Waals surface area contributed by atoms with Gasteiger partial charge >= 0.3 is 0 Å². The number of benzene rings is 2. The zero-order valence-electron chi connectivity index (χ0n) is 14.7. The first-order valence-corrected chi connectivity index (χ1v) is 8.75. The Hall–Kier alpha value is -2.60. The number of carbonyl (C=O) groups excluding carboxylic acids is 1. The SMILES string of the molecule is COc1ccc(CNC(=O)c2cc(F)ccc2C2CCCCN2)cc1O. The van der Waals surface area contributed by atoms with E-state index in [1.807, 2.05) is 0 Å². The number of ether oxygens (including phenoxy) is 1. The zero-order valence-corrected chi connectivity index (χ0v) is 14.7. The fourth-order valence-electron chi connectivity index (χ4n) is 3.27. The molecule has 5 nitrogen and oxygen atoms in total. The van der Waals surface area contributed by atoms with E-state index >= 15 is 0 Å². The van der Waals surface area contributed by atoms with Crippen LogP contribution in [0.3, 0.4) is 0 Å². The molecule has 0 radical (unpaired) electrons. The van der Waals surface area contributed by atoms with Crippen LogP contribution in [-0.4, -0.2) is 24.7 Å². The van der Waals surface area contributed by atoms with Crippen LogP contribution in [0.5, 0.6) is 11.5 Å². The van der Waals surface area contributed by atoms with E-state index < -0.39 is 5.82 Å². The van der Waals surface area contributed by atoms with Crippen LogP contribution < -0.4 is 15.4 Å². The number of methoxy groups -OCH3 is 1. The summed E-state index contributed by atoms with van der Waals surface area (Å²) in [7, 11) is 1.47. The van der Waals surface area contributed by atoms with Crippen molar-refractivity contribution in [1.82, 2.24) is 10.6 Å². The van der Waals surface area contributed by atoms with Crippen molar-refractivity contribution < 1.29 is 19.0 Å². The third kappa shape index (κ3) is 4.14. The van der Waals surface area contributed by atoms with Gasteiger partial charge in [-0.05, 0) is 54.8 Å². The van der Waals surface area contributed by atoms with Gasteiger partial charge in [-0.1, -0.05) is 18.6 Å². The number of aromatic hydroxyl groups is 1. The van der Waals surface area contributed by atoms with E-state index in [9.17, 15) is 14.3 Å². The lowest BCUT2D eigenvalue weighted by Gasteiger charge is -2.25. The topological polar surface area (TPSA) is 70.6 Å². The highest BCUT2D eigenvalue weighted by molar-refractivity contribution is 5.95. The largest absolute Gasteiger partial charge is 0.504 e. The Kier molecular flexibility index (Phi) is 5.73. The van der Waals surface area contributed by atoms with Crippen LogP contribution in [0.4, 0.5) is 4.39 Å².